The highest BCUT2D eigenvalue weighted by Gasteiger charge is 2.40. The summed E-state index contributed by atoms with van der Waals surface area (Å²) in [5.74, 6) is 0. The number of ether oxygens (including phenoxy) is 1. The van der Waals surface area contributed by atoms with Crippen LogP contribution in [0.15, 0.2) is 12.2 Å². The first-order valence-corrected chi connectivity index (χ1v) is 4.83. The first kappa shape index (κ1) is 9.52. The van der Waals surface area contributed by atoms with Crippen LogP contribution >= 0.6 is 0 Å². The number of hydrogen-bond acceptors (Lipinski definition) is 3. The van der Waals surface area contributed by atoms with E-state index in [2.05, 4.69) is 0 Å². The molecule has 0 unspecified atom stereocenters. The van der Waals surface area contributed by atoms with Gasteiger partial charge in [0.05, 0.1) is 6.04 Å². The number of rotatable bonds is 0. The average Bonchev–Trinajstić information content (AvgIpc) is 2.59. The summed E-state index contributed by atoms with van der Waals surface area (Å²) in [5.41, 5.74) is -0.466. The highest BCUT2D eigenvalue weighted by Crippen LogP contribution is 2.30. The quantitative estimate of drug-likeness (QED) is 0.556. The molecule has 2 bridgehead atoms. The van der Waals surface area contributed by atoms with Crippen LogP contribution in [0.2, 0.25) is 0 Å². The van der Waals surface area contributed by atoms with Gasteiger partial charge in [0.1, 0.15) is 11.7 Å². The molecule has 1 saturated heterocycles. The number of amides is 1. The molecule has 1 aliphatic carbocycles. The Morgan fingerprint density at radius 1 is 1.50 bits per heavy atom. The van der Waals surface area contributed by atoms with Gasteiger partial charge in [0.25, 0.3) is 0 Å². The molecule has 4 heteroatoms. The van der Waals surface area contributed by atoms with Crippen molar-refractivity contribution in [3.8, 4) is 0 Å². The van der Waals surface area contributed by atoms with Gasteiger partial charge in [-0.15, -0.1) is 0 Å². The molecule has 0 N–H and O–H groups in total. The first-order valence-electron chi connectivity index (χ1n) is 4.83. The maximum absolute atomic E-state index is 11.6. The summed E-state index contributed by atoms with van der Waals surface area (Å²) in [6.07, 6.45) is 4.49. The van der Waals surface area contributed by atoms with E-state index >= 15 is 0 Å². The van der Waals surface area contributed by atoms with Crippen molar-refractivity contribution in [3.05, 3.63) is 12.2 Å². The molecule has 0 radical (unpaired) electrons. The third kappa shape index (κ3) is 1.75. The van der Waals surface area contributed by atoms with Crippen LogP contribution in [0.1, 0.15) is 27.2 Å². The number of fused-ring (bicyclic) bond motifs is 2. The molecule has 1 amide bonds. The molecule has 0 aromatic heterocycles. The topological polar surface area (TPSA) is 38.8 Å². The normalized spacial score (nSPS) is 29.8. The van der Waals surface area contributed by atoms with Crippen molar-refractivity contribution in [3.63, 3.8) is 0 Å². The van der Waals surface area contributed by atoms with Crippen LogP contribution in [0.3, 0.4) is 0 Å². The van der Waals surface area contributed by atoms with E-state index in [-0.39, 0.29) is 12.1 Å². The minimum atomic E-state index is -0.466. The van der Waals surface area contributed by atoms with Gasteiger partial charge in [-0.25, -0.2) is 4.79 Å². The number of nitrogens with zero attached hydrogens (tertiary/aromatic N) is 1. The minimum Gasteiger partial charge on any atom is -0.442 e. The lowest BCUT2D eigenvalue weighted by Crippen LogP contribution is -2.39. The lowest BCUT2D eigenvalue weighted by atomic mass is 10.2. The Hall–Kier alpha value is -1.03. The zero-order valence-corrected chi connectivity index (χ0v) is 8.69. The zero-order valence-electron chi connectivity index (χ0n) is 8.69. The van der Waals surface area contributed by atoms with Crippen molar-refractivity contribution >= 4 is 6.09 Å². The van der Waals surface area contributed by atoms with Crippen molar-refractivity contribution in [1.29, 1.82) is 0 Å². The maximum atomic E-state index is 11.6. The molecule has 2 atom stereocenters. The maximum Gasteiger partial charge on any atom is 0.435 e. The summed E-state index contributed by atoms with van der Waals surface area (Å²) in [7, 11) is 0. The first-order chi connectivity index (χ1) is 6.46. The van der Waals surface area contributed by atoms with E-state index in [4.69, 9.17) is 9.57 Å². The molecular formula is C10H15NO3. The summed E-state index contributed by atoms with van der Waals surface area (Å²) in [5, 5.41) is 1.33. The van der Waals surface area contributed by atoms with Gasteiger partial charge in [0, 0.05) is 6.42 Å². The summed E-state index contributed by atoms with van der Waals surface area (Å²) in [6.45, 7) is 5.53. The molecule has 14 heavy (non-hydrogen) atoms. The van der Waals surface area contributed by atoms with Crippen molar-refractivity contribution in [2.75, 3.05) is 0 Å². The minimum absolute atomic E-state index is 0.0625. The molecule has 1 heterocycles. The number of carbonyl (C=O) groups excluding carboxylic acids is 1. The van der Waals surface area contributed by atoms with Crippen molar-refractivity contribution in [2.24, 2.45) is 0 Å². The smallest absolute Gasteiger partial charge is 0.435 e. The summed E-state index contributed by atoms with van der Waals surface area (Å²) in [6, 6.07) is 0.0647. The molecule has 1 aliphatic heterocycles. The fourth-order valence-corrected chi connectivity index (χ4v) is 1.61. The number of carbonyl (C=O) groups is 1. The average molecular weight is 197 g/mol. The molecule has 0 saturated carbocycles. The molecule has 2 aliphatic rings. The highest BCUT2D eigenvalue weighted by atomic mass is 16.7. The van der Waals surface area contributed by atoms with Crippen LogP contribution in [0.4, 0.5) is 4.79 Å². The summed E-state index contributed by atoms with van der Waals surface area (Å²) in [4.78, 5) is 16.9. The SMILES string of the molecule is CC(C)(C)OC(=O)N1O[C@@H]2C=C[C@H]1C2. The van der Waals surface area contributed by atoms with Gasteiger partial charge >= 0.3 is 6.09 Å². The monoisotopic (exact) mass is 197 g/mol. The molecule has 4 nitrogen and oxygen atoms in total. The molecule has 78 valence electrons. The van der Waals surface area contributed by atoms with Gasteiger partial charge in [0.2, 0.25) is 0 Å². The van der Waals surface area contributed by atoms with Crippen molar-refractivity contribution in [2.45, 2.75) is 44.9 Å². The summed E-state index contributed by atoms with van der Waals surface area (Å²) >= 11 is 0. The largest absolute Gasteiger partial charge is 0.442 e. The Labute approximate surface area is 83.4 Å². The molecule has 1 fully saturated rings. The van der Waals surface area contributed by atoms with Crippen LogP contribution in [-0.4, -0.2) is 28.9 Å². The second-order valence-corrected chi connectivity index (χ2v) is 4.64. The molecule has 0 aromatic carbocycles. The second kappa shape index (κ2) is 2.98. The Morgan fingerprint density at radius 2 is 2.21 bits per heavy atom. The van der Waals surface area contributed by atoms with Crippen LogP contribution in [0.25, 0.3) is 0 Å². The van der Waals surface area contributed by atoms with Crippen LogP contribution in [0.5, 0.6) is 0 Å². The standard InChI is InChI=1S/C10H15NO3/c1-10(2,3)13-9(12)11-7-4-5-8(6-7)14-11/h4-5,7-8H,6H2,1-3H3/t7-,8+/m0/s1. The van der Waals surface area contributed by atoms with Gasteiger partial charge in [-0.2, -0.15) is 5.06 Å². The lowest BCUT2D eigenvalue weighted by molar-refractivity contribution is -0.139. The van der Waals surface area contributed by atoms with Crippen molar-refractivity contribution in [1.82, 2.24) is 5.06 Å². The highest BCUT2D eigenvalue weighted by molar-refractivity contribution is 5.68. The lowest BCUT2D eigenvalue weighted by Gasteiger charge is -2.27. The van der Waals surface area contributed by atoms with E-state index in [1.165, 1.54) is 5.06 Å². The predicted octanol–water partition coefficient (Wildman–Crippen LogP) is 1.87. The Morgan fingerprint density at radius 3 is 2.64 bits per heavy atom. The van der Waals surface area contributed by atoms with Gasteiger partial charge < -0.3 is 4.74 Å². The third-order valence-corrected chi connectivity index (χ3v) is 2.15. The predicted molar refractivity (Wildman–Crippen MR) is 50.5 cm³/mol. The van der Waals surface area contributed by atoms with Crippen LogP contribution in [-0.2, 0) is 9.57 Å². The van der Waals surface area contributed by atoms with E-state index in [0.717, 1.165) is 6.42 Å². The van der Waals surface area contributed by atoms with E-state index in [1.807, 2.05) is 32.9 Å². The Kier molecular flexibility index (Phi) is 2.03. The van der Waals surface area contributed by atoms with E-state index in [0.29, 0.717) is 0 Å². The third-order valence-electron chi connectivity index (χ3n) is 2.15. The van der Waals surface area contributed by atoms with E-state index < -0.39 is 11.7 Å². The Bertz CT molecular complexity index is 280. The van der Waals surface area contributed by atoms with Gasteiger partial charge in [0.15, 0.2) is 0 Å². The fraction of sp³-hybridized carbons (Fsp3) is 0.700. The van der Waals surface area contributed by atoms with Gasteiger partial charge in [-0.3, -0.25) is 4.84 Å². The number of hydroxylamine groups is 2. The van der Waals surface area contributed by atoms with Gasteiger partial charge in [-0.1, -0.05) is 12.2 Å². The van der Waals surface area contributed by atoms with Crippen LogP contribution < -0.4 is 0 Å². The zero-order chi connectivity index (χ0) is 10.3. The fourth-order valence-electron chi connectivity index (χ4n) is 1.61. The Balaban J connectivity index is 1.97. The van der Waals surface area contributed by atoms with Crippen molar-refractivity contribution < 1.29 is 14.4 Å². The molecule has 0 spiro atoms. The number of hydrogen-bond donors (Lipinski definition) is 0. The van der Waals surface area contributed by atoms with E-state index in [9.17, 15) is 4.79 Å². The van der Waals surface area contributed by atoms with Crippen LogP contribution in [0, 0.1) is 0 Å². The van der Waals surface area contributed by atoms with E-state index in [1.54, 1.807) is 0 Å². The second-order valence-electron chi connectivity index (χ2n) is 4.64. The summed E-state index contributed by atoms with van der Waals surface area (Å²) < 4.78 is 5.20. The molecular weight excluding hydrogens is 182 g/mol. The molecule has 2 rings (SSSR count). The molecule has 0 aromatic rings. The van der Waals surface area contributed by atoms with Gasteiger partial charge in [-0.05, 0) is 20.8 Å².